The predicted octanol–water partition coefficient (Wildman–Crippen LogP) is 4.71. The standard InChI is InChI=1S/C24H32ClN5OS/c1-17-5-4-10-30(15-17)21-13-18(2)27-22(28-21)29-23(32)26-16-24(8-11-31-12-9-24)19-6-3-7-20(25)14-19/h3,6-7,13-14,17H,4-5,8-12,15-16H2,1-2H3,(H2,26,27,28,29,32)/t17-/m1/s1. The SMILES string of the molecule is Cc1cc(N2CCC[C@@H](C)C2)nc(NC(=S)NCC2(c3cccc(Cl)c3)CCOCC2)n1. The van der Waals surface area contributed by atoms with Crippen LogP contribution in [0, 0.1) is 12.8 Å². The fourth-order valence-electron chi connectivity index (χ4n) is 4.71. The first-order valence-electron chi connectivity index (χ1n) is 11.4. The minimum Gasteiger partial charge on any atom is -0.381 e. The number of piperidine rings is 1. The van der Waals surface area contributed by atoms with Crippen LogP contribution in [0.3, 0.4) is 0 Å². The number of nitrogens with zero attached hydrogens (tertiary/aromatic N) is 3. The van der Waals surface area contributed by atoms with Crippen LogP contribution >= 0.6 is 23.8 Å². The van der Waals surface area contributed by atoms with Gasteiger partial charge in [0.25, 0.3) is 0 Å². The summed E-state index contributed by atoms with van der Waals surface area (Å²) in [5, 5.41) is 7.90. The Morgan fingerprint density at radius 1 is 1.28 bits per heavy atom. The van der Waals surface area contributed by atoms with E-state index < -0.39 is 0 Å². The number of benzene rings is 1. The van der Waals surface area contributed by atoms with Gasteiger partial charge in [-0.25, -0.2) is 4.98 Å². The first kappa shape index (κ1) is 23.2. The summed E-state index contributed by atoms with van der Waals surface area (Å²) >= 11 is 11.9. The normalized spacial score (nSPS) is 20.6. The Hall–Kier alpha value is -1.96. The van der Waals surface area contributed by atoms with Gasteiger partial charge in [-0.05, 0) is 68.4 Å². The number of halogens is 1. The number of hydrogen-bond acceptors (Lipinski definition) is 5. The van der Waals surface area contributed by atoms with Crippen molar-refractivity contribution in [2.45, 2.75) is 44.9 Å². The Labute approximate surface area is 201 Å². The molecule has 1 aromatic heterocycles. The molecule has 1 aromatic carbocycles. The average Bonchev–Trinajstić information content (AvgIpc) is 2.78. The third-order valence-corrected chi connectivity index (χ3v) is 7.00. The molecule has 0 bridgehead atoms. The van der Waals surface area contributed by atoms with E-state index in [1.165, 1.54) is 18.4 Å². The molecule has 0 radical (unpaired) electrons. The second-order valence-corrected chi connectivity index (χ2v) is 9.94. The number of anilines is 2. The van der Waals surface area contributed by atoms with Gasteiger partial charge < -0.3 is 20.3 Å². The molecule has 0 amide bonds. The summed E-state index contributed by atoms with van der Waals surface area (Å²) in [6, 6.07) is 10.2. The molecule has 3 heterocycles. The number of hydrogen-bond donors (Lipinski definition) is 2. The van der Waals surface area contributed by atoms with E-state index in [0.717, 1.165) is 55.7 Å². The van der Waals surface area contributed by atoms with Gasteiger partial charge in [0, 0.05) is 55.0 Å². The zero-order valence-electron chi connectivity index (χ0n) is 18.9. The van der Waals surface area contributed by atoms with Crippen LogP contribution in [0.2, 0.25) is 5.02 Å². The first-order chi connectivity index (χ1) is 15.4. The van der Waals surface area contributed by atoms with Crippen LogP contribution in [0.4, 0.5) is 11.8 Å². The van der Waals surface area contributed by atoms with E-state index in [0.29, 0.717) is 23.5 Å². The molecule has 1 atom stereocenters. The molecule has 172 valence electrons. The molecule has 2 saturated heterocycles. The molecule has 0 spiro atoms. The van der Waals surface area contributed by atoms with Gasteiger partial charge in [-0.2, -0.15) is 4.98 Å². The Morgan fingerprint density at radius 2 is 2.09 bits per heavy atom. The van der Waals surface area contributed by atoms with E-state index in [2.05, 4.69) is 45.6 Å². The van der Waals surface area contributed by atoms with E-state index in [9.17, 15) is 0 Å². The fourth-order valence-corrected chi connectivity index (χ4v) is 5.06. The molecule has 4 rings (SSSR count). The van der Waals surface area contributed by atoms with Crippen LogP contribution in [0.25, 0.3) is 0 Å². The van der Waals surface area contributed by atoms with Crippen LogP contribution in [0.1, 0.15) is 43.9 Å². The van der Waals surface area contributed by atoms with Crippen LogP contribution in [0.5, 0.6) is 0 Å². The van der Waals surface area contributed by atoms with Crippen LogP contribution in [-0.4, -0.2) is 47.9 Å². The smallest absolute Gasteiger partial charge is 0.231 e. The second-order valence-electron chi connectivity index (χ2n) is 9.10. The molecule has 6 nitrogen and oxygen atoms in total. The van der Waals surface area contributed by atoms with E-state index in [4.69, 9.17) is 33.5 Å². The van der Waals surface area contributed by atoms with Crippen molar-refractivity contribution in [1.82, 2.24) is 15.3 Å². The van der Waals surface area contributed by atoms with E-state index in [1.54, 1.807) is 0 Å². The molecule has 8 heteroatoms. The third-order valence-electron chi connectivity index (χ3n) is 6.52. The lowest BCUT2D eigenvalue weighted by Gasteiger charge is -2.38. The van der Waals surface area contributed by atoms with Gasteiger partial charge in [-0.3, -0.25) is 0 Å². The molecular formula is C24H32ClN5OS. The van der Waals surface area contributed by atoms with Gasteiger partial charge in [0.1, 0.15) is 5.82 Å². The highest BCUT2D eigenvalue weighted by Gasteiger charge is 2.34. The van der Waals surface area contributed by atoms with Crippen LogP contribution < -0.4 is 15.5 Å². The number of nitrogens with one attached hydrogen (secondary N) is 2. The number of thiocarbonyl (C=S) groups is 1. The largest absolute Gasteiger partial charge is 0.381 e. The minimum absolute atomic E-state index is 0.0720. The lowest BCUT2D eigenvalue weighted by molar-refractivity contribution is 0.0515. The van der Waals surface area contributed by atoms with Crippen molar-refractivity contribution in [3.8, 4) is 0 Å². The predicted molar refractivity (Wildman–Crippen MR) is 135 cm³/mol. The molecule has 2 N–H and O–H groups in total. The van der Waals surface area contributed by atoms with Crippen LogP contribution in [-0.2, 0) is 10.2 Å². The molecule has 2 aliphatic rings. The Bertz CT molecular complexity index is 950. The zero-order valence-corrected chi connectivity index (χ0v) is 20.4. The topological polar surface area (TPSA) is 62.3 Å². The van der Waals surface area contributed by atoms with E-state index in [-0.39, 0.29) is 5.41 Å². The summed E-state index contributed by atoms with van der Waals surface area (Å²) in [6.07, 6.45) is 4.31. The summed E-state index contributed by atoms with van der Waals surface area (Å²) in [5.41, 5.74) is 2.08. The van der Waals surface area contributed by atoms with Crippen molar-refractivity contribution in [2.75, 3.05) is 43.1 Å². The Kier molecular flexibility index (Phi) is 7.48. The van der Waals surface area contributed by atoms with E-state index >= 15 is 0 Å². The monoisotopic (exact) mass is 473 g/mol. The molecule has 0 saturated carbocycles. The average molecular weight is 474 g/mol. The number of aryl methyl sites for hydroxylation is 1. The molecule has 32 heavy (non-hydrogen) atoms. The first-order valence-corrected chi connectivity index (χ1v) is 12.2. The quantitative estimate of drug-likeness (QED) is 0.609. The van der Waals surface area contributed by atoms with Gasteiger partial charge in [-0.1, -0.05) is 30.7 Å². The van der Waals surface area contributed by atoms with Gasteiger partial charge in [-0.15, -0.1) is 0 Å². The molecule has 2 fully saturated rings. The molecule has 2 aromatic rings. The highest BCUT2D eigenvalue weighted by atomic mass is 35.5. The van der Waals surface area contributed by atoms with Gasteiger partial charge in [0.05, 0.1) is 0 Å². The van der Waals surface area contributed by atoms with Crippen molar-refractivity contribution in [2.24, 2.45) is 5.92 Å². The number of ether oxygens (including phenoxy) is 1. The van der Waals surface area contributed by atoms with E-state index in [1.807, 2.05) is 19.1 Å². The third kappa shape index (κ3) is 5.69. The molecule has 0 aliphatic carbocycles. The zero-order chi connectivity index (χ0) is 22.6. The summed E-state index contributed by atoms with van der Waals surface area (Å²) in [5.74, 6) is 2.19. The maximum absolute atomic E-state index is 6.29. The molecule has 2 aliphatic heterocycles. The minimum atomic E-state index is -0.0720. The van der Waals surface area contributed by atoms with Crippen LogP contribution in [0.15, 0.2) is 30.3 Å². The molecular weight excluding hydrogens is 442 g/mol. The lowest BCUT2D eigenvalue weighted by Crippen LogP contribution is -2.45. The van der Waals surface area contributed by atoms with Gasteiger partial charge in [0.15, 0.2) is 5.11 Å². The highest BCUT2D eigenvalue weighted by molar-refractivity contribution is 7.80. The van der Waals surface area contributed by atoms with Crippen molar-refractivity contribution < 1.29 is 4.74 Å². The lowest BCUT2D eigenvalue weighted by atomic mass is 9.74. The van der Waals surface area contributed by atoms with Gasteiger partial charge in [0.2, 0.25) is 5.95 Å². The maximum Gasteiger partial charge on any atom is 0.231 e. The second kappa shape index (κ2) is 10.3. The van der Waals surface area contributed by atoms with Crippen molar-refractivity contribution >= 4 is 40.7 Å². The Balaban J connectivity index is 1.44. The van der Waals surface area contributed by atoms with Crippen molar-refractivity contribution in [1.29, 1.82) is 0 Å². The number of aromatic nitrogens is 2. The van der Waals surface area contributed by atoms with Gasteiger partial charge >= 0.3 is 0 Å². The highest BCUT2D eigenvalue weighted by Crippen LogP contribution is 2.35. The molecule has 0 unspecified atom stereocenters. The Morgan fingerprint density at radius 3 is 2.84 bits per heavy atom. The number of rotatable bonds is 5. The fraction of sp³-hybridized carbons (Fsp3) is 0.542. The summed E-state index contributed by atoms with van der Waals surface area (Å²) < 4.78 is 5.64. The van der Waals surface area contributed by atoms with Crippen molar-refractivity contribution in [3.63, 3.8) is 0 Å². The summed E-state index contributed by atoms with van der Waals surface area (Å²) in [7, 11) is 0. The summed E-state index contributed by atoms with van der Waals surface area (Å²) in [4.78, 5) is 11.7. The van der Waals surface area contributed by atoms with Crippen molar-refractivity contribution in [3.05, 3.63) is 46.6 Å². The maximum atomic E-state index is 6.29. The summed E-state index contributed by atoms with van der Waals surface area (Å²) in [6.45, 7) is 8.52.